The lowest BCUT2D eigenvalue weighted by Gasteiger charge is -2.10. The predicted octanol–water partition coefficient (Wildman–Crippen LogP) is 5.19. The number of carbonyl (C=O) groups excluding carboxylic acids is 1. The maximum atomic E-state index is 12.2. The molecule has 1 heterocycles. The van der Waals surface area contributed by atoms with Gasteiger partial charge in [0, 0.05) is 24.5 Å². The third-order valence-corrected chi connectivity index (χ3v) is 5.96. The van der Waals surface area contributed by atoms with Gasteiger partial charge in [0.15, 0.2) is 5.16 Å². The van der Waals surface area contributed by atoms with Gasteiger partial charge in [-0.25, -0.2) is 0 Å². The summed E-state index contributed by atoms with van der Waals surface area (Å²) in [7, 11) is 0. The molecule has 0 spiro atoms. The van der Waals surface area contributed by atoms with Gasteiger partial charge in [0.2, 0.25) is 5.91 Å². The van der Waals surface area contributed by atoms with Crippen molar-refractivity contribution in [3.8, 4) is 5.75 Å². The molecular formula is C23H24Cl2N4O2S. The molecule has 0 fully saturated rings. The van der Waals surface area contributed by atoms with Crippen molar-refractivity contribution in [3.63, 3.8) is 0 Å². The van der Waals surface area contributed by atoms with Crippen LogP contribution in [0.2, 0.25) is 10.0 Å². The zero-order valence-electron chi connectivity index (χ0n) is 17.5. The van der Waals surface area contributed by atoms with Crippen molar-refractivity contribution in [1.29, 1.82) is 0 Å². The van der Waals surface area contributed by atoms with Crippen molar-refractivity contribution in [2.45, 2.75) is 31.1 Å². The molecule has 3 aromatic rings. The molecule has 0 radical (unpaired) electrons. The highest BCUT2D eigenvalue weighted by Gasteiger charge is 2.13. The van der Waals surface area contributed by atoms with Crippen molar-refractivity contribution >= 4 is 40.9 Å². The SMILES string of the molecule is C=CCn1c(CCCOc2ccc(Cl)cc2Cl)nnc1SCC(=O)NCc1ccccc1. The second kappa shape index (κ2) is 12.5. The average molecular weight is 491 g/mol. The highest BCUT2D eigenvalue weighted by Crippen LogP contribution is 2.27. The van der Waals surface area contributed by atoms with Gasteiger partial charge in [0.25, 0.3) is 0 Å². The van der Waals surface area contributed by atoms with Crippen LogP contribution in [0.4, 0.5) is 0 Å². The smallest absolute Gasteiger partial charge is 0.230 e. The number of ether oxygens (including phenoxy) is 1. The summed E-state index contributed by atoms with van der Waals surface area (Å²) < 4.78 is 7.71. The molecule has 6 nitrogen and oxygen atoms in total. The number of benzene rings is 2. The molecule has 3 rings (SSSR count). The lowest BCUT2D eigenvalue weighted by atomic mass is 10.2. The zero-order chi connectivity index (χ0) is 22.8. The molecule has 0 unspecified atom stereocenters. The van der Waals surface area contributed by atoms with Gasteiger partial charge < -0.3 is 14.6 Å². The Bertz CT molecular complexity index is 1040. The number of nitrogens with zero attached hydrogens (tertiary/aromatic N) is 3. The van der Waals surface area contributed by atoms with Gasteiger partial charge in [-0.15, -0.1) is 16.8 Å². The highest BCUT2D eigenvalue weighted by atomic mass is 35.5. The molecule has 0 aliphatic carbocycles. The second-order valence-corrected chi connectivity index (χ2v) is 8.66. The van der Waals surface area contributed by atoms with Crippen LogP contribution in [0.1, 0.15) is 17.8 Å². The fraction of sp³-hybridized carbons (Fsp3) is 0.261. The summed E-state index contributed by atoms with van der Waals surface area (Å²) in [6, 6.07) is 14.9. The van der Waals surface area contributed by atoms with E-state index in [1.54, 1.807) is 24.3 Å². The molecule has 32 heavy (non-hydrogen) atoms. The van der Waals surface area contributed by atoms with Gasteiger partial charge in [-0.05, 0) is 30.2 Å². The summed E-state index contributed by atoms with van der Waals surface area (Å²) in [4.78, 5) is 12.2. The van der Waals surface area contributed by atoms with E-state index >= 15 is 0 Å². The molecule has 0 aliphatic heterocycles. The standard InChI is InChI=1S/C23H24Cl2N4O2S/c1-2-12-29-21(9-6-13-31-20-11-10-18(24)14-19(20)25)27-28-23(29)32-16-22(30)26-15-17-7-4-3-5-8-17/h2-5,7-8,10-11,14H,1,6,9,12-13,15-16H2,(H,26,30). The minimum absolute atomic E-state index is 0.0539. The van der Waals surface area contributed by atoms with E-state index in [9.17, 15) is 4.79 Å². The maximum absolute atomic E-state index is 12.2. The normalized spacial score (nSPS) is 10.7. The summed E-state index contributed by atoms with van der Waals surface area (Å²) in [5.41, 5.74) is 1.06. The molecule has 1 amide bonds. The zero-order valence-corrected chi connectivity index (χ0v) is 19.8. The largest absolute Gasteiger partial charge is 0.492 e. The predicted molar refractivity (Wildman–Crippen MR) is 130 cm³/mol. The first-order valence-electron chi connectivity index (χ1n) is 10.1. The Labute approximate surface area is 202 Å². The Morgan fingerprint density at radius 1 is 1.19 bits per heavy atom. The molecule has 168 valence electrons. The number of carbonyl (C=O) groups is 1. The number of nitrogens with one attached hydrogen (secondary N) is 1. The number of thioether (sulfide) groups is 1. The average Bonchev–Trinajstić information content (AvgIpc) is 3.17. The number of allylic oxidation sites excluding steroid dienone is 1. The van der Waals surface area contributed by atoms with Crippen molar-refractivity contribution in [1.82, 2.24) is 20.1 Å². The fourth-order valence-corrected chi connectivity index (χ4v) is 4.17. The minimum atomic E-state index is -0.0539. The number of hydrogen-bond donors (Lipinski definition) is 1. The van der Waals surface area contributed by atoms with Crippen LogP contribution in [0.15, 0.2) is 66.3 Å². The van der Waals surface area contributed by atoms with E-state index in [-0.39, 0.29) is 11.7 Å². The lowest BCUT2D eigenvalue weighted by molar-refractivity contribution is -0.118. The van der Waals surface area contributed by atoms with Gasteiger partial charge >= 0.3 is 0 Å². The number of aromatic nitrogens is 3. The van der Waals surface area contributed by atoms with Crippen LogP contribution in [0.3, 0.4) is 0 Å². The van der Waals surface area contributed by atoms with Crippen LogP contribution in [-0.2, 0) is 24.3 Å². The Hall–Kier alpha value is -2.48. The van der Waals surface area contributed by atoms with Crippen LogP contribution in [0, 0.1) is 0 Å². The Balaban J connectivity index is 1.48. The van der Waals surface area contributed by atoms with E-state index < -0.39 is 0 Å². The number of amides is 1. The third kappa shape index (κ3) is 7.29. The van der Waals surface area contributed by atoms with Crippen molar-refractivity contribution in [2.24, 2.45) is 0 Å². The van der Waals surface area contributed by atoms with E-state index in [1.165, 1.54) is 11.8 Å². The number of hydrogen-bond acceptors (Lipinski definition) is 5. The summed E-state index contributed by atoms with van der Waals surface area (Å²) in [6.07, 6.45) is 3.19. The van der Waals surface area contributed by atoms with Crippen LogP contribution >= 0.6 is 35.0 Å². The van der Waals surface area contributed by atoms with E-state index in [1.807, 2.05) is 34.9 Å². The first-order chi connectivity index (χ1) is 15.6. The number of aryl methyl sites for hydroxylation is 1. The molecule has 0 bridgehead atoms. The molecule has 1 N–H and O–H groups in total. The maximum Gasteiger partial charge on any atom is 0.230 e. The fourth-order valence-electron chi connectivity index (χ4n) is 2.91. The molecule has 1 aromatic heterocycles. The van der Waals surface area contributed by atoms with E-state index in [0.717, 1.165) is 17.8 Å². The molecule has 0 atom stereocenters. The lowest BCUT2D eigenvalue weighted by Crippen LogP contribution is -2.24. The van der Waals surface area contributed by atoms with Gasteiger partial charge in [0.05, 0.1) is 17.4 Å². The molecule has 0 saturated heterocycles. The molecule has 0 aliphatic rings. The van der Waals surface area contributed by atoms with Gasteiger partial charge in [-0.3, -0.25) is 4.79 Å². The monoisotopic (exact) mass is 490 g/mol. The quantitative estimate of drug-likeness (QED) is 0.215. The Kier molecular flexibility index (Phi) is 9.46. The number of halogens is 2. The van der Waals surface area contributed by atoms with Crippen LogP contribution in [0.25, 0.3) is 0 Å². The Morgan fingerprint density at radius 3 is 2.75 bits per heavy atom. The van der Waals surface area contributed by atoms with Gasteiger partial charge in [-0.2, -0.15) is 0 Å². The van der Waals surface area contributed by atoms with Crippen LogP contribution in [0.5, 0.6) is 5.75 Å². The van der Waals surface area contributed by atoms with E-state index in [4.69, 9.17) is 27.9 Å². The Morgan fingerprint density at radius 2 is 2.00 bits per heavy atom. The van der Waals surface area contributed by atoms with Crippen molar-refractivity contribution in [2.75, 3.05) is 12.4 Å². The second-order valence-electron chi connectivity index (χ2n) is 6.88. The third-order valence-electron chi connectivity index (χ3n) is 4.47. The van der Waals surface area contributed by atoms with E-state index in [0.29, 0.717) is 47.1 Å². The summed E-state index contributed by atoms with van der Waals surface area (Å²) in [5.74, 6) is 1.63. The summed E-state index contributed by atoms with van der Waals surface area (Å²) >= 11 is 13.4. The minimum Gasteiger partial charge on any atom is -0.492 e. The highest BCUT2D eigenvalue weighted by molar-refractivity contribution is 7.99. The van der Waals surface area contributed by atoms with Crippen LogP contribution in [-0.4, -0.2) is 33.0 Å². The summed E-state index contributed by atoms with van der Waals surface area (Å²) in [6.45, 7) is 5.36. The van der Waals surface area contributed by atoms with Gasteiger partial charge in [0.1, 0.15) is 11.6 Å². The molecule has 2 aromatic carbocycles. The van der Waals surface area contributed by atoms with Gasteiger partial charge in [-0.1, -0.05) is 71.4 Å². The topological polar surface area (TPSA) is 69.0 Å². The van der Waals surface area contributed by atoms with E-state index in [2.05, 4.69) is 22.1 Å². The molecule has 0 saturated carbocycles. The summed E-state index contributed by atoms with van der Waals surface area (Å²) in [5, 5.41) is 13.2. The van der Waals surface area contributed by atoms with Crippen molar-refractivity contribution in [3.05, 3.63) is 82.6 Å². The first kappa shape index (κ1) is 24.2. The molecule has 9 heteroatoms. The number of rotatable bonds is 12. The first-order valence-corrected chi connectivity index (χ1v) is 11.8. The molecular weight excluding hydrogens is 467 g/mol. The van der Waals surface area contributed by atoms with Crippen LogP contribution < -0.4 is 10.1 Å². The van der Waals surface area contributed by atoms with Crippen molar-refractivity contribution < 1.29 is 9.53 Å².